The van der Waals surface area contributed by atoms with Crippen LogP contribution in [0.3, 0.4) is 0 Å². The summed E-state index contributed by atoms with van der Waals surface area (Å²) in [5, 5.41) is 3.26. The molecule has 0 radical (unpaired) electrons. The summed E-state index contributed by atoms with van der Waals surface area (Å²) < 4.78 is 22.6. The Labute approximate surface area is 86.2 Å². The highest BCUT2D eigenvalue weighted by atomic mass is 32.2. The van der Waals surface area contributed by atoms with E-state index in [0.29, 0.717) is 18.7 Å². The molecule has 84 valence electrons. The van der Waals surface area contributed by atoms with Crippen molar-refractivity contribution in [1.82, 2.24) is 5.32 Å². The van der Waals surface area contributed by atoms with Gasteiger partial charge in [-0.1, -0.05) is 6.92 Å². The normalized spacial score (nSPS) is 33.1. The van der Waals surface area contributed by atoms with Gasteiger partial charge < -0.3 is 11.1 Å². The summed E-state index contributed by atoms with van der Waals surface area (Å²) in [6.45, 7) is 4.68. The minimum atomic E-state index is -2.81. The number of rotatable bonds is 4. The molecule has 0 aromatic rings. The van der Waals surface area contributed by atoms with Gasteiger partial charge in [-0.15, -0.1) is 0 Å². The van der Waals surface area contributed by atoms with Crippen LogP contribution in [0.1, 0.15) is 26.7 Å². The Bertz CT molecular complexity index is 289. The molecule has 1 aliphatic rings. The number of sulfone groups is 1. The van der Waals surface area contributed by atoms with E-state index < -0.39 is 9.84 Å². The average molecular weight is 220 g/mol. The zero-order valence-electron chi connectivity index (χ0n) is 8.91. The van der Waals surface area contributed by atoms with Crippen LogP contribution in [0.25, 0.3) is 0 Å². The van der Waals surface area contributed by atoms with Crippen LogP contribution < -0.4 is 11.1 Å². The Kier molecular flexibility index (Phi) is 3.55. The van der Waals surface area contributed by atoms with Gasteiger partial charge in [0.25, 0.3) is 0 Å². The first-order valence-electron chi connectivity index (χ1n) is 5.08. The monoisotopic (exact) mass is 220 g/mol. The summed E-state index contributed by atoms with van der Waals surface area (Å²) in [7, 11) is -2.81. The van der Waals surface area contributed by atoms with Gasteiger partial charge >= 0.3 is 0 Å². The van der Waals surface area contributed by atoms with E-state index in [2.05, 4.69) is 5.32 Å². The molecule has 0 spiro atoms. The molecule has 1 fully saturated rings. The van der Waals surface area contributed by atoms with Gasteiger partial charge in [-0.2, -0.15) is 0 Å². The third kappa shape index (κ3) is 3.22. The van der Waals surface area contributed by atoms with Crippen LogP contribution in [0.4, 0.5) is 0 Å². The van der Waals surface area contributed by atoms with Crippen molar-refractivity contribution < 1.29 is 8.42 Å². The molecule has 2 unspecified atom stereocenters. The second-order valence-corrected chi connectivity index (χ2v) is 6.64. The molecule has 0 aromatic heterocycles. The second kappa shape index (κ2) is 4.16. The van der Waals surface area contributed by atoms with Crippen molar-refractivity contribution in [2.75, 3.05) is 18.1 Å². The molecule has 2 atom stereocenters. The molecule has 0 aromatic carbocycles. The molecule has 4 nitrogen and oxygen atoms in total. The van der Waals surface area contributed by atoms with Crippen LogP contribution in [0.15, 0.2) is 0 Å². The molecule has 0 amide bonds. The second-order valence-electron chi connectivity index (χ2n) is 4.45. The Morgan fingerprint density at radius 3 is 2.64 bits per heavy atom. The number of nitrogens with one attached hydrogen (secondary N) is 1. The van der Waals surface area contributed by atoms with Gasteiger partial charge in [-0.3, -0.25) is 0 Å². The van der Waals surface area contributed by atoms with Gasteiger partial charge in [0.2, 0.25) is 0 Å². The van der Waals surface area contributed by atoms with Crippen molar-refractivity contribution in [2.24, 2.45) is 5.73 Å². The summed E-state index contributed by atoms with van der Waals surface area (Å²) in [5.74, 6) is 0.550. The Hall–Kier alpha value is -0.130. The quantitative estimate of drug-likeness (QED) is 0.693. The molecule has 3 N–H and O–H groups in total. The fourth-order valence-electron chi connectivity index (χ4n) is 1.67. The van der Waals surface area contributed by atoms with Crippen LogP contribution in [0, 0.1) is 0 Å². The van der Waals surface area contributed by atoms with Crippen molar-refractivity contribution in [3.63, 3.8) is 0 Å². The summed E-state index contributed by atoms with van der Waals surface area (Å²) in [4.78, 5) is 0. The van der Waals surface area contributed by atoms with Gasteiger partial charge in [0.15, 0.2) is 9.84 Å². The van der Waals surface area contributed by atoms with Crippen molar-refractivity contribution in [3.8, 4) is 0 Å². The maximum Gasteiger partial charge on any atom is 0.152 e. The first-order chi connectivity index (χ1) is 6.37. The SMILES string of the molecule is CCC(N)CNC1(C)CCS(=O)(=O)C1. The molecule has 0 bridgehead atoms. The van der Waals surface area contributed by atoms with Crippen LogP contribution in [0.5, 0.6) is 0 Å². The summed E-state index contributed by atoms with van der Waals surface area (Å²) in [6.07, 6.45) is 1.61. The van der Waals surface area contributed by atoms with E-state index in [1.165, 1.54) is 0 Å². The van der Waals surface area contributed by atoms with E-state index in [-0.39, 0.29) is 17.3 Å². The highest BCUT2D eigenvalue weighted by molar-refractivity contribution is 7.91. The van der Waals surface area contributed by atoms with Crippen LogP contribution in [-0.4, -0.2) is 38.0 Å². The first-order valence-corrected chi connectivity index (χ1v) is 6.90. The van der Waals surface area contributed by atoms with Crippen LogP contribution in [0.2, 0.25) is 0 Å². The number of nitrogens with two attached hydrogens (primary N) is 1. The van der Waals surface area contributed by atoms with Gasteiger partial charge in [0.05, 0.1) is 11.5 Å². The highest BCUT2D eigenvalue weighted by Gasteiger charge is 2.37. The molecule has 14 heavy (non-hydrogen) atoms. The molecular formula is C9H20N2O2S. The predicted molar refractivity (Wildman–Crippen MR) is 57.9 cm³/mol. The lowest BCUT2D eigenvalue weighted by atomic mass is 10.0. The van der Waals surface area contributed by atoms with Crippen molar-refractivity contribution in [2.45, 2.75) is 38.3 Å². The highest BCUT2D eigenvalue weighted by Crippen LogP contribution is 2.22. The molecule has 0 aliphatic carbocycles. The molecular weight excluding hydrogens is 200 g/mol. The Morgan fingerprint density at radius 2 is 2.21 bits per heavy atom. The van der Waals surface area contributed by atoms with Crippen molar-refractivity contribution >= 4 is 9.84 Å². The summed E-state index contributed by atoms with van der Waals surface area (Å²) in [6, 6.07) is 0.120. The molecule has 1 heterocycles. The number of hydrogen-bond acceptors (Lipinski definition) is 4. The smallest absolute Gasteiger partial charge is 0.152 e. The van der Waals surface area contributed by atoms with Gasteiger partial charge in [-0.05, 0) is 19.8 Å². The first kappa shape index (κ1) is 11.9. The topological polar surface area (TPSA) is 72.2 Å². The van der Waals surface area contributed by atoms with E-state index in [0.717, 1.165) is 6.42 Å². The third-order valence-corrected chi connectivity index (χ3v) is 4.72. The lowest BCUT2D eigenvalue weighted by molar-refractivity contribution is 0.379. The molecule has 0 saturated carbocycles. The fourth-order valence-corrected chi connectivity index (χ4v) is 3.79. The van der Waals surface area contributed by atoms with Crippen LogP contribution in [-0.2, 0) is 9.84 Å². The minimum absolute atomic E-state index is 0.120. The molecule has 1 saturated heterocycles. The Morgan fingerprint density at radius 1 is 1.57 bits per heavy atom. The van der Waals surface area contributed by atoms with E-state index in [1.54, 1.807) is 0 Å². The Balaban J connectivity index is 2.45. The standard InChI is InChI=1S/C9H20N2O2S/c1-3-8(10)6-11-9(2)4-5-14(12,13)7-9/h8,11H,3-7,10H2,1-2H3. The van der Waals surface area contributed by atoms with Crippen molar-refractivity contribution in [1.29, 1.82) is 0 Å². The molecule has 1 aliphatic heterocycles. The van der Waals surface area contributed by atoms with E-state index >= 15 is 0 Å². The molecule has 1 rings (SSSR count). The van der Waals surface area contributed by atoms with E-state index in [4.69, 9.17) is 5.73 Å². The van der Waals surface area contributed by atoms with Crippen molar-refractivity contribution in [3.05, 3.63) is 0 Å². The largest absolute Gasteiger partial charge is 0.327 e. The average Bonchev–Trinajstić information content (AvgIpc) is 2.37. The van der Waals surface area contributed by atoms with E-state index in [9.17, 15) is 8.42 Å². The van der Waals surface area contributed by atoms with Crippen LogP contribution >= 0.6 is 0 Å². The summed E-state index contributed by atoms with van der Waals surface area (Å²) in [5.41, 5.74) is 5.51. The lowest BCUT2D eigenvalue weighted by Crippen LogP contribution is -2.48. The number of hydrogen-bond donors (Lipinski definition) is 2. The third-order valence-electron chi connectivity index (χ3n) is 2.82. The fraction of sp³-hybridized carbons (Fsp3) is 1.00. The maximum atomic E-state index is 11.3. The van der Waals surface area contributed by atoms with Gasteiger partial charge in [-0.25, -0.2) is 8.42 Å². The van der Waals surface area contributed by atoms with Gasteiger partial charge in [0.1, 0.15) is 0 Å². The lowest BCUT2D eigenvalue weighted by Gasteiger charge is -2.25. The zero-order chi connectivity index (χ0) is 10.8. The summed E-state index contributed by atoms with van der Waals surface area (Å²) >= 11 is 0. The molecule has 5 heteroatoms. The minimum Gasteiger partial charge on any atom is -0.327 e. The maximum absolute atomic E-state index is 11.3. The zero-order valence-corrected chi connectivity index (χ0v) is 9.73. The predicted octanol–water partition coefficient (Wildman–Crippen LogP) is -0.109. The van der Waals surface area contributed by atoms with E-state index in [1.807, 2.05) is 13.8 Å². The van der Waals surface area contributed by atoms with Gasteiger partial charge in [0, 0.05) is 18.1 Å².